The van der Waals surface area contributed by atoms with Crippen molar-refractivity contribution in [3.8, 4) is 56.2 Å². The van der Waals surface area contributed by atoms with Crippen LogP contribution in [0.4, 0.5) is 0 Å². The molecule has 0 atom stereocenters. The summed E-state index contributed by atoms with van der Waals surface area (Å²) in [5.74, 6) is 0.651. The topological polar surface area (TPSA) is 38.9 Å². The lowest BCUT2D eigenvalue weighted by Gasteiger charge is -2.15. The maximum Gasteiger partial charge on any atom is 0.161 e. The standard InChI is InChI=1S/C56H34N2O/c1-3-16-35(17-4-1)51-34-52(36-18-5-2-6-19-36)58-56(57-51)46-28-15-29-53-54(46)50-33-39(47-30-37-20-7-9-22-40(37)42-24-11-13-26-44(42)47)32-49(55(50)59-53)48-31-38-21-8-10-23-41(38)43-25-12-14-27-45(43)48/h1-34H. The Morgan fingerprint density at radius 1 is 0.305 bits per heavy atom. The Hall–Kier alpha value is -7.88. The van der Waals surface area contributed by atoms with Gasteiger partial charge in [0.05, 0.1) is 11.4 Å². The summed E-state index contributed by atoms with van der Waals surface area (Å²) < 4.78 is 7.08. The van der Waals surface area contributed by atoms with Crippen LogP contribution in [0.5, 0.6) is 0 Å². The van der Waals surface area contributed by atoms with E-state index in [0.29, 0.717) is 5.82 Å². The summed E-state index contributed by atoms with van der Waals surface area (Å²) in [7, 11) is 0. The van der Waals surface area contributed by atoms with Gasteiger partial charge in [-0.3, -0.25) is 0 Å². The van der Waals surface area contributed by atoms with E-state index in [4.69, 9.17) is 14.4 Å². The van der Waals surface area contributed by atoms with Crippen LogP contribution in [0.25, 0.3) is 121 Å². The molecule has 0 spiro atoms. The predicted molar refractivity (Wildman–Crippen MR) is 247 cm³/mol. The van der Waals surface area contributed by atoms with E-state index in [-0.39, 0.29) is 0 Å². The van der Waals surface area contributed by atoms with Crippen LogP contribution < -0.4 is 0 Å². The van der Waals surface area contributed by atoms with Gasteiger partial charge in [0, 0.05) is 33.0 Å². The van der Waals surface area contributed by atoms with Gasteiger partial charge in [-0.05, 0) is 96.2 Å². The van der Waals surface area contributed by atoms with Crippen LogP contribution in [0.3, 0.4) is 0 Å². The molecule has 0 aliphatic heterocycles. The average molecular weight is 751 g/mol. The first-order valence-corrected chi connectivity index (χ1v) is 20.1. The van der Waals surface area contributed by atoms with Gasteiger partial charge in [0.15, 0.2) is 5.82 Å². The molecule has 12 aromatic rings. The summed E-state index contributed by atoms with van der Waals surface area (Å²) in [6.45, 7) is 0. The van der Waals surface area contributed by atoms with Crippen LogP contribution in [-0.2, 0) is 0 Å². The largest absolute Gasteiger partial charge is 0.455 e. The first-order chi connectivity index (χ1) is 29.2. The van der Waals surface area contributed by atoms with Crippen LogP contribution >= 0.6 is 0 Å². The number of rotatable bonds is 5. The molecule has 2 aromatic heterocycles. The van der Waals surface area contributed by atoms with Crippen molar-refractivity contribution >= 4 is 65.0 Å². The number of aromatic nitrogens is 2. The molecule has 0 aliphatic carbocycles. The SMILES string of the molecule is c1ccc(-c2cc(-c3ccccc3)nc(-c3cccc4oc5c(-c6cc7ccccc7c7ccccc67)cc(-c6cc7ccccc7c7ccccc67)cc5c34)n2)cc1. The highest BCUT2D eigenvalue weighted by Gasteiger charge is 2.22. The minimum atomic E-state index is 0.651. The highest BCUT2D eigenvalue weighted by atomic mass is 16.3. The monoisotopic (exact) mass is 750 g/mol. The van der Waals surface area contributed by atoms with Gasteiger partial charge >= 0.3 is 0 Å². The Balaban J connectivity index is 1.21. The van der Waals surface area contributed by atoms with E-state index in [9.17, 15) is 0 Å². The summed E-state index contributed by atoms with van der Waals surface area (Å²) in [6.07, 6.45) is 0. The molecule has 0 bridgehead atoms. The minimum absolute atomic E-state index is 0.651. The number of nitrogens with zero attached hydrogens (tertiary/aromatic N) is 2. The van der Waals surface area contributed by atoms with Gasteiger partial charge in [-0.2, -0.15) is 0 Å². The van der Waals surface area contributed by atoms with Crippen molar-refractivity contribution in [1.29, 1.82) is 0 Å². The van der Waals surface area contributed by atoms with Crippen molar-refractivity contribution in [3.05, 3.63) is 206 Å². The molecule has 0 unspecified atom stereocenters. The molecule has 0 aliphatic rings. The molecule has 274 valence electrons. The molecule has 0 amide bonds. The zero-order chi connectivity index (χ0) is 38.9. The molecule has 0 fully saturated rings. The predicted octanol–water partition coefficient (Wildman–Crippen LogP) is 15.3. The second kappa shape index (κ2) is 13.4. The Labute approximate surface area is 340 Å². The third-order valence-corrected chi connectivity index (χ3v) is 11.8. The molecule has 0 saturated heterocycles. The first-order valence-electron chi connectivity index (χ1n) is 20.1. The minimum Gasteiger partial charge on any atom is -0.455 e. The highest BCUT2D eigenvalue weighted by molar-refractivity contribution is 6.22. The van der Waals surface area contributed by atoms with Crippen molar-refractivity contribution < 1.29 is 4.42 Å². The Morgan fingerprint density at radius 3 is 1.42 bits per heavy atom. The molecule has 59 heavy (non-hydrogen) atoms. The molecule has 0 saturated carbocycles. The lowest BCUT2D eigenvalue weighted by molar-refractivity contribution is 0.670. The fourth-order valence-electron chi connectivity index (χ4n) is 9.12. The zero-order valence-corrected chi connectivity index (χ0v) is 31.9. The Bertz CT molecular complexity index is 3550. The van der Waals surface area contributed by atoms with E-state index in [1.807, 2.05) is 12.1 Å². The van der Waals surface area contributed by atoms with Crippen LogP contribution in [0, 0.1) is 0 Å². The summed E-state index contributed by atoms with van der Waals surface area (Å²) in [4.78, 5) is 10.6. The summed E-state index contributed by atoms with van der Waals surface area (Å²) in [5, 5.41) is 11.7. The second-order valence-electron chi connectivity index (χ2n) is 15.3. The quantitative estimate of drug-likeness (QED) is 0.164. The summed E-state index contributed by atoms with van der Waals surface area (Å²) >= 11 is 0. The first kappa shape index (κ1) is 33.3. The third-order valence-electron chi connectivity index (χ3n) is 11.8. The zero-order valence-electron chi connectivity index (χ0n) is 31.9. The third kappa shape index (κ3) is 5.44. The maximum atomic E-state index is 7.08. The van der Waals surface area contributed by atoms with Gasteiger partial charge in [-0.15, -0.1) is 0 Å². The average Bonchev–Trinajstić information content (AvgIpc) is 3.70. The Kier molecular flexibility index (Phi) is 7.54. The molecular weight excluding hydrogens is 717 g/mol. The van der Waals surface area contributed by atoms with Gasteiger partial charge < -0.3 is 4.42 Å². The van der Waals surface area contributed by atoms with Gasteiger partial charge in [0.1, 0.15) is 11.2 Å². The summed E-state index contributed by atoms with van der Waals surface area (Å²) in [5.41, 5.74) is 10.8. The van der Waals surface area contributed by atoms with Gasteiger partial charge in [0.2, 0.25) is 0 Å². The van der Waals surface area contributed by atoms with E-state index in [0.717, 1.165) is 66.7 Å². The van der Waals surface area contributed by atoms with Crippen LogP contribution in [0.1, 0.15) is 0 Å². The number of fused-ring (bicyclic) bond motifs is 9. The summed E-state index contributed by atoms with van der Waals surface area (Å²) in [6, 6.07) is 73.3. The van der Waals surface area contributed by atoms with Crippen molar-refractivity contribution in [2.75, 3.05) is 0 Å². The van der Waals surface area contributed by atoms with Crippen LogP contribution in [0.2, 0.25) is 0 Å². The van der Waals surface area contributed by atoms with Gasteiger partial charge in [-0.1, -0.05) is 170 Å². The number of benzene rings is 10. The normalized spacial score (nSPS) is 11.7. The molecule has 0 radical (unpaired) electrons. The Morgan fingerprint density at radius 2 is 0.814 bits per heavy atom. The van der Waals surface area contributed by atoms with Gasteiger partial charge in [0.25, 0.3) is 0 Å². The van der Waals surface area contributed by atoms with Gasteiger partial charge in [-0.25, -0.2) is 9.97 Å². The van der Waals surface area contributed by atoms with Crippen LogP contribution in [-0.4, -0.2) is 9.97 Å². The molecule has 12 rings (SSSR count). The smallest absolute Gasteiger partial charge is 0.161 e. The van der Waals surface area contributed by atoms with E-state index in [1.54, 1.807) is 0 Å². The van der Waals surface area contributed by atoms with E-state index < -0.39 is 0 Å². The van der Waals surface area contributed by atoms with Crippen molar-refractivity contribution in [1.82, 2.24) is 9.97 Å². The second-order valence-corrected chi connectivity index (χ2v) is 15.3. The molecule has 0 N–H and O–H groups in total. The fourth-order valence-corrected chi connectivity index (χ4v) is 9.12. The van der Waals surface area contributed by atoms with Crippen molar-refractivity contribution in [2.24, 2.45) is 0 Å². The van der Waals surface area contributed by atoms with E-state index in [1.165, 1.54) is 48.7 Å². The number of hydrogen-bond donors (Lipinski definition) is 0. The lowest BCUT2D eigenvalue weighted by atomic mass is 9.88. The molecular formula is C56H34N2O. The maximum absolute atomic E-state index is 7.08. The van der Waals surface area contributed by atoms with E-state index >= 15 is 0 Å². The number of furan rings is 1. The van der Waals surface area contributed by atoms with E-state index in [2.05, 4.69) is 194 Å². The number of hydrogen-bond acceptors (Lipinski definition) is 3. The highest BCUT2D eigenvalue weighted by Crippen LogP contribution is 2.47. The molecule has 3 heteroatoms. The van der Waals surface area contributed by atoms with Crippen molar-refractivity contribution in [2.45, 2.75) is 0 Å². The molecule has 10 aromatic carbocycles. The lowest BCUT2D eigenvalue weighted by Crippen LogP contribution is -1.96. The molecule has 2 heterocycles. The fraction of sp³-hybridized carbons (Fsp3) is 0. The molecule has 3 nitrogen and oxygen atoms in total. The van der Waals surface area contributed by atoms with Crippen LogP contribution in [0.15, 0.2) is 211 Å². The van der Waals surface area contributed by atoms with Crippen molar-refractivity contribution in [3.63, 3.8) is 0 Å².